The Labute approximate surface area is 137 Å². The molecule has 0 fully saturated rings. The first-order valence-electron chi connectivity index (χ1n) is 6.80. The lowest BCUT2D eigenvalue weighted by Gasteiger charge is -2.20. The Hall–Kier alpha value is -2.12. The Bertz CT molecular complexity index is 769. The number of hydrogen-bond donors (Lipinski definition) is 2. The average Bonchev–Trinajstić information content (AvgIpc) is 2.50. The molecule has 132 valence electrons. The molecule has 2 N–H and O–H groups in total. The number of benzene rings is 1. The molecule has 0 aliphatic rings. The predicted molar refractivity (Wildman–Crippen MR) is 77.4 cm³/mol. The molecule has 10 heteroatoms. The van der Waals surface area contributed by atoms with E-state index in [1.165, 1.54) is 13.0 Å². The van der Waals surface area contributed by atoms with Gasteiger partial charge >= 0.3 is 12.1 Å². The number of hydrogen-bond acceptors (Lipinski definition) is 4. The van der Waals surface area contributed by atoms with E-state index in [4.69, 9.17) is 10.4 Å². The molecule has 1 rings (SSSR count). The maximum atomic E-state index is 12.6. The summed E-state index contributed by atoms with van der Waals surface area (Å²) in [5, 5.41) is 18.1. The highest BCUT2D eigenvalue weighted by Crippen LogP contribution is 2.31. The number of halogens is 3. The second kappa shape index (κ2) is 7.19. The molecule has 0 unspecified atom stereocenters. The van der Waals surface area contributed by atoms with Crippen LogP contribution >= 0.6 is 0 Å². The lowest BCUT2D eigenvalue weighted by atomic mass is 10.0. The Morgan fingerprint density at radius 3 is 2.42 bits per heavy atom. The number of nitriles is 1. The van der Waals surface area contributed by atoms with Crippen LogP contribution in [0, 0.1) is 17.2 Å². The first-order valence-corrected chi connectivity index (χ1v) is 8.28. The second-order valence-electron chi connectivity index (χ2n) is 5.14. The Balaban J connectivity index is 3.33. The molecule has 0 aromatic heterocycles. The average molecular weight is 364 g/mol. The number of carbonyl (C=O) groups is 1. The van der Waals surface area contributed by atoms with E-state index in [1.54, 1.807) is 6.92 Å². The molecular weight excluding hydrogens is 349 g/mol. The van der Waals surface area contributed by atoms with Crippen LogP contribution in [0.25, 0.3) is 0 Å². The zero-order valence-corrected chi connectivity index (χ0v) is 13.6. The lowest BCUT2D eigenvalue weighted by molar-refractivity contribution is -0.140. The first kappa shape index (κ1) is 19.9. The molecule has 0 radical (unpaired) electrons. The van der Waals surface area contributed by atoms with Gasteiger partial charge in [-0.25, -0.2) is 8.42 Å². The van der Waals surface area contributed by atoms with Gasteiger partial charge in [0, 0.05) is 0 Å². The largest absolute Gasteiger partial charge is 0.480 e. The van der Waals surface area contributed by atoms with Gasteiger partial charge in [-0.05, 0) is 24.1 Å². The molecule has 1 aromatic rings. The zero-order valence-electron chi connectivity index (χ0n) is 12.8. The fourth-order valence-corrected chi connectivity index (χ4v) is 3.34. The normalized spacial score (nSPS) is 14.7. The topological polar surface area (TPSA) is 107 Å². The third kappa shape index (κ3) is 4.46. The van der Waals surface area contributed by atoms with Crippen LogP contribution < -0.4 is 4.72 Å². The van der Waals surface area contributed by atoms with Crippen molar-refractivity contribution in [1.29, 1.82) is 5.26 Å². The van der Waals surface area contributed by atoms with Crippen molar-refractivity contribution < 1.29 is 31.5 Å². The molecule has 1 aromatic carbocycles. The van der Waals surface area contributed by atoms with E-state index < -0.39 is 50.2 Å². The third-order valence-corrected chi connectivity index (χ3v) is 4.98. The lowest BCUT2D eigenvalue weighted by Crippen LogP contribution is -2.45. The highest BCUT2D eigenvalue weighted by molar-refractivity contribution is 7.89. The minimum absolute atomic E-state index is 0.359. The third-order valence-electron chi connectivity index (χ3n) is 3.48. The van der Waals surface area contributed by atoms with Gasteiger partial charge in [0.1, 0.15) is 12.1 Å². The first-order chi connectivity index (χ1) is 10.9. The minimum Gasteiger partial charge on any atom is -0.480 e. The van der Waals surface area contributed by atoms with Crippen LogP contribution in [0.3, 0.4) is 0 Å². The molecule has 0 spiro atoms. The van der Waals surface area contributed by atoms with Gasteiger partial charge in [-0.3, -0.25) is 4.79 Å². The molecule has 0 bridgehead atoms. The van der Waals surface area contributed by atoms with Gasteiger partial charge in [-0.15, -0.1) is 0 Å². The molecular formula is C14H15F3N2O4S. The van der Waals surface area contributed by atoms with Crippen molar-refractivity contribution in [3.05, 3.63) is 29.3 Å². The number of nitrogens with one attached hydrogen (secondary N) is 1. The number of rotatable bonds is 6. The van der Waals surface area contributed by atoms with E-state index in [0.29, 0.717) is 24.6 Å². The zero-order chi connectivity index (χ0) is 18.7. The summed E-state index contributed by atoms with van der Waals surface area (Å²) in [6.45, 7) is 3.17. The van der Waals surface area contributed by atoms with Gasteiger partial charge in [0.05, 0.1) is 16.0 Å². The van der Waals surface area contributed by atoms with E-state index in [9.17, 15) is 26.4 Å². The number of nitrogens with zero attached hydrogens (tertiary/aromatic N) is 1. The van der Waals surface area contributed by atoms with Crippen molar-refractivity contribution in [2.75, 3.05) is 0 Å². The summed E-state index contributed by atoms with van der Waals surface area (Å²) in [6, 6.07) is 1.50. The van der Waals surface area contributed by atoms with Crippen molar-refractivity contribution >= 4 is 16.0 Å². The fourth-order valence-electron chi connectivity index (χ4n) is 1.90. The molecule has 0 aliphatic heterocycles. The van der Waals surface area contributed by atoms with E-state index in [0.717, 1.165) is 0 Å². The smallest absolute Gasteiger partial charge is 0.416 e. The van der Waals surface area contributed by atoms with E-state index in [-0.39, 0.29) is 0 Å². The molecule has 24 heavy (non-hydrogen) atoms. The highest BCUT2D eigenvalue weighted by atomic mass is 32.2. The summed E-state index contributed by atoms with van der Waals surface area (Å²) >= 11 is 0. The maximum Gasteiger partial charge on any atom is 0.416 e. The number of sulfonamides is 1. The van der Waals surface area contributed by atoms with Crippen LogP contribution in [-0.2, 0) is 21.0 Å². The number of carboxylic acids is 1. The Kier molecular flexibility index (Phi) is 5.97. The van der Waals surface area contributed by atoms with Crippen LogP contribution in [0.15, 0.2) is 23.1 Å². The van der Waals surface area contributed by atoms with Crippen molar-refractivity contribution in [3.63, 3.8) is 0 Å². The van der Waals surface area contributed by atoms with Gasteiger partial charge in [0.15, 0.2) is 0 Å². The maximum absolute atomic E-state index is 12.6. The monoisotopic (exact) mass is 364 g/mol. The van der Waals surface area contributed by atoms with Gasteiger partial charge in [0.2, 0.25) is 10.0 Å². The van der Waals surface area contributed by atoms with Crippen molar-refractivity contribution in [2.24, 2.45) is 5.92 Å². The molecule has 0 aliphatic carbocycles. The number of aliphatic carboxylic acids is 1. The summed E-state index contributed by atoms with van der Waals surface area (Å²) in [4.78, 5) is 10.5. The number of alkyl halides is 3. The van der Waals surface area contributed by atoms with Gasteiger partial charge in [0.25, 0.3) is 0 Å². The summed E-state index contributed by atoms with van der Waals surface area (Å²) in [6.07, 6.45) is -4.38. The Morgan fingerprint density at radius 1 is 1.42 bits per heavy atom. The predicted octanol–water partition coefficient (Wildman–Crippen LogP) is 2.35. The fraction of sp³-hybridized carbons (Fsp3) is 0.429. The van der Waals surface area contributed by atoms with E-state index in [2.05, 4.69) is 0 Å². The van der Waals surface area contributed by atoms with E-state index in [1.807, 2.05) is 4.72 Å². The van der Waals surface area contributed by atoms with Gasteiger partial charge in [-0.1, -0.05) is 20.3 Å². The van der Waals surface area contributed by atoms with Gasteiger partial charge in [-0.2, -0.15) is 23.2 Å². The SMILES string of the molecule is CC[C@H](C)[C@H](NS(=O)(=O)c1ccc(C(F)(F)F)cc1C#N)C(=O)O. The molecule has 0 amide bonds. The summed E-state index contributed by atoms with van der Waals surface area (Å²) in [5.41, 5.74) is -1.89. The van der Waals surface area contributed by atoms with Crippen molar-refractivity contribution in [1.82, 2.24) is 4.72 Å². The molecule has 2 atom stereocenters. The molecule has 0 saturated carbocycles. The van der Waals surface area contributed by atoms with Gasteiger partial charge < -0.3 is 5.11 Å². The van der Waals surface area contributed by atoms with Crippen LogP contribution in [-0.4, -0.2) is 25.5 Å². The van der Waals surface area contributed by atoms with E-state index >= 15 is 0 Å². The standard InChI is InChI=1S/C14H15F3N2O4S/c1-3-8(2)12(13(20)21)19-24(22,23)11-5-4-10(14(15,16)17)6-9(11)7-18/h4-6,8,12,19H,3H2,1-2H3,(H,20,21)/t8-,12-/m0/s1. The highest BCUT2D eigenvalue weighted by Gasteiger charge is 2.34. The van der Waals surface area contributed by atoms with Crippen LogP contribution in [0.1, 0.15) is 31.4 Å². The van der Waals surface area contributed by atoms with Crippen molar-refractivity contribution in [3.8, 4) is 6.07 Å². The van der Waals surface area contributed by atoms with Crippen LogP contribution in [0.2, 0.25) is 0 Å². The van der Waals surface area contributed by atoms with Crippen LogP contribution in [0.4, 0.5) is 13.2 Å². The number of carboxylic acid groups (broad SMARTS) is 1. The quantitative estimate of drug-likeness (QED) is 0.806. The second-order valence-corrected chi connectivity index (χ2v) is 6.83. The Morgan fingerprint density at radius 2 is 2.00 bits per heavy atom. The summed E-state index contributed by atoms with van der Waals surface area (Å²) < 4.78 is 64.5. The van der Waals surface area contributed by atoms with Crippen LogP contribution in [0.5, 0.6) is 0 Å². The van der Waals surface area contributed by atoms with Crippen molar-refractivity contribution in [2.45, 2.75) is 37.4 Å². The summed E-state index contributed by atoms with van der Waals surface area (Å²) in [5.74, 6) is -1.98. The molecule has 6 nitrogen and oxygen atoms in total. The summed E-state index contributed by atoms with van der Waals surface area (Å²) in [7, 11) is -4.49. The molecule has 0 saturated heterocycles. The minimum atomic E-state index is -4.73. The molecule has 0 heterocycles.